The minimum Gasteiger partial charge on any atom is -0.496 e. The highest BCUT2D eigenvalue weighted by Gasteiger charge is 2.12. The molecule has 0 aliphatic heterocycles. The number of ether oxygens (including phenoxy) is 1. The van der Waals surface area contributed by atoms with Gasteiger partial charge in [0.25, 0.3) is 5.91 Å². The summed E-state index contributed by atoms with van der Waals surface area (Å²) < 4.78 is 24.2. The van der Waals surface area contributed by atoms with E-state index < -0.39 is 0 Å². The van der Waals surface area contributed by atoms with E-state index in [9.17, 15) is 9.18 Å². The second-order valence-electron chi connectivity index (χ2n) is 5.46. The SMILES string of the molecule is COc1cc(C(=O)NCCCc2ccccc2F)cc2occc12. The molecule has 0 fully saturated rings. The highest BCUT2D eigenvalue weighted by Crippen LogP contribution is 2.28. The third-order valence-electron chi connectivity index (χ3n) is 3.88. The average Bonchev–Trinajstić information content (AvgIpc) is 3.07. The van der Waals surface area contributed by atoms with Crippen LogP contribution in [0.3, 0.4) is 0 Å². The summed E-state index contributed by atoms with van der Waals surface area (Å²) in [6.07, 6.45) is 2.80. The van der Waals surface area contributed by atoms with Crippen molar-refractivity contribution < 1.29 is 18.3 Å². The van der Waals surface area contributed by atoms with E-state index >= 15 is 0 Å². The topological polar surface area (TPSA) is 51.5 Å². The number of methoxy groups -OCH3 is 1. The number of carbonyl (C=O) groups excluding carboxylic acids is 1. The van der Waals surface area contributed by atoms with Crippen molar-refractivity contribution in [2.75, 3.05) is 13.7 Å². The molecular weight excluding hydrogens is 309 g/mol. The predicted molar refractivity (Wildman–Crippen MR) is 89.8 cm³/mol. The Morgan fingerprint density at radius 1 is 1.25 bits per heavy atom. The molecule has 3 aromatic rings. The number of hydrogen-bond acceptors (Lipinski definition) is 3. The molecule has 0 atom stereocenters. The lowest BCUT2D eigenvalue weighted by molar-refractivity contribution is 0.0953. The van der Waals surface area contributed by atoms with E-state index in [4.69, 9.17) is 9.15 Å². The minimum atomic E-state index is -0.211. The van der Waals surface area contributed by atoms with Gasteiger partial charge in [-0.15, -0.1) is 0 Å². The van der Waals surface area contributed by atoms with Crippen LogP contribution >= 0.6 is 0 Å². The summed E-state index contributed by atoms with van der Waals surface area (Å²) in [4.78, 5) is 12.3. The quantitative estimate of drug-likeness (QED) is 0.698. The standard InChI is InChI=1S/C19H18FNO3/c1-23-17-11-14(12-18-15(17)8-10-24-18)19(22)21-9-4-6-13-5-2-3-7-16(13)20/h2-3,5,7-8,10-12H,4,6,9H2,1H3,(H,21,22). The Morgan fingerprint density at radius 2 is 2.08 bits per heavy atom. The van der Waals surface area contributed by atoms with Crippen molar-refractivity contribution in [1.82, 2.24) is 5.32 Å². The third-order valence-corrected chi connectivity index (χ3v) is 3.88. The van der Waals surface area contributed by atoms with Gasteiger partial charge in [-0.1, -0.05) is 18.2 Å². The number of amides is 1. The van der Waals surface area contributed by atoms with Crippen molar-refractivity contribution in [3.63, 3.8) is 0 Å². The molecule has 0 radical (unpaired) electrons. The van der Waals surface area contributed by atoms with E-state index in [1.54, 1.807) is 43.7 Å². The number of furan rings is 1. The number of aryl methyl sites for hydroxylation is 1. The summed E-state index contributed by atoms with van der Waals surface area (Å²) in [6, 6.07) is 11.8. The van der Waals surface area contributed by atoms with Crippen LogP contribution in [0, 0.1) is 5.82 Å². The number of carbonyl (C=O) groups is 1. The number of nitrogens with one attached hydrogen (secondary N) is 1. The molecule has 0 aliphatic rings. The minimum absolute atomic E-state index is 0.208. The third kappa shape index (κ3) is 3.40. The molecular formula is C19H18FNO3. The predicted octanol–water partition coefficient (Wildman–Crippen LogP) is 3.94. The summed E-state index contributed by atoms with van der Waals surface area (Å²) in [5.74, 6) is 0.176. The van der Waals surface area contributed by atoms with Crippen LogP contribution in [0.25, 0.3) is 11.0 Å². The van der Waals surface area contributed by atoms with Crippen molar-refractivity contribution in [2.24, 2.45) is 0 Å². The van der Waals surface area contributed by atoms with Crippen LogP contribution < -0.4 is 10.1 Å². The van der Waals surface area contributed by atoms with Gasteiger partial charge in [-0.2, -0.15) is 0 Å². The lowest BCUT2D eigenvalue weighted by Gasteiger charge is -2.08. The lowest BCUT2D eigenvalue weighted by Crippen LogP contribution is -2.24. The van der Waals surface area contributed by atoms with Crippen LogP contribution in [0.2, 0.25) is 0 Å². The number of hydrogen-bond donors (Lipinski definition) is 1. The van der Waals surface area contributed by atoms with Gasteiger partial charge in [0.05, 0.1) is 18.8 Å². The zero-order chi connectivity index (χ0) is 16.9. The first kappa shape index (κ1) is 16.1. The van der Waals surface area contributed by atoms with Gasteiger partial charge in [-0.25, -0.2) is 4.39 Å². The first-order valence-electron chi connectivity index (χ1n) is 7.76. The Bertz CT molecular complexity index is 857. The highest BCUT2D eigenvalue weighted by molar-refractivity contribution is 5.99. The fourth-order valence-electron chi connectivity index (χ4n) is 2.62. The summed E-state index contributed by atoms with van der Waals surface area (Å²) in [5, 5.41) is 3.67. The van der Waals surface area contributed by atoms with Gasteiger partial charge in [-0.05, 0) is 42.7 Å². The summed E-state index contributed by atoms with van der Waals surface area (Å²) >= 11 is 0. The molecule has 124 valence electrons. The molecule has 0 saturated heterocycles. The van der Waals surface area contributed by atoms with E-state index in [-0.39, 0.29) is 11.7 Å². The molecule has 0 unspecified atom stereocenters. The van der Waals surface area contributed by atoms with Crippen LogP contribution in [0.15, 0.2) is 53.1 Å². The van der Waals surface area contributed by atoms with E-state index in [1.807, 2.05) is 6.07 Å². The zero-order valence-corrected chi connectivity index (χ0v) is 13.3. The normalized spacial score (nSPS) is 10.8. The fraction of sp³-hybridized carbons (Fsp3) is 0.211. The molecule has 4 nitrogen and oxygen atoms in total. The molecule has 2 aromatic carbocycles. The summed E-state index contributed by atoms with van der Waals surface area (Å²) in [7, 11) is 1.55. The van der Waals surface area contributed by atoms with Crippen LogP contribution in [-0.2, 0) is 6.42 Å². The van der Waals surface area contributed by atoms with Crippen molar-refractivity contribution >= 4 is 16.9 Å². The van der Waals surface area contributed by atoms with E-state index in [0.717, 1.165) is 5.39 Å². The van der Waals surface area contributed by atoms with Gasteiger partial charge in [0, 0.05) is 12.1 Å². The second kappa shape index (κ2) is 7.17. The Morgan fingerprint density at radius 3 is 2.88 bits per heavy atom. The Balaban J connectivity index is 1.60. The maximum atomic E-state index is 13.5. The van der Waals surface area contributed by atoms with E-state index in [0.29, 0.717) is 41.8 Å². The Hall–Kier alpha value is -2.82. The molecule has 0 saturated carbocycles. The van der Waals surface area contributed by atoms with Gasteiger partial charge >= 0.3 is 0 Å². The smallest absolute Gasteiger partial charge is 0.251 e. The summed E-state index contributed by atoms with van der Waals surface area (Å²) in [5.41, 5.74) is 1.73. The largest absolute Gasteiger partial charge is 0.496 e. The van der Waals surface area contributed by atoms with Gasteiger partial charge in [0.2, 0.25) is 0 Å². The van der Waals surface area contributed by atoms with Crippen molar-refractivity contribution in [2.45, 2.75) is 12.8 Å². The van der Waals surface area contributed by atoms with Crippen molar-refractivity contribution in [1.29, 1.82) is 0 Å². The summed E-state index contributed by atoms with van der Waals surface area (Å²) in [6.45, 7) is 0.464. The van der Waals surface area contributed by atoms with Gasteiger partial charge < -0.3 is 14.5 Å². The fourth-order valence-corrected chi connectivity index (χ4v) is 2.62. The molecule has 5 heteroatoms. The number of fused-ring (bicyclic) bond motifs is 1. The maximum absolute atomic E-state index is 13.5. The lowest BCUT2D eigenvalue weighted by atomic mass is 10.1. The molecule has 3 rings (SSSR count). The molecule has 0 aliphatic carbocycles. The average molecular weight is 327 g/mol. The van der Waals surface area contributed by atoms with Crippen LogP contribution in [0.4, 0.5) is 4.39 Å². The molecule has 1 aromatic heterocycles. The van der Waals surface area contributed by atoms with Crippen LogP contribution in [0.5, 0.6) is 5.75 Å². The Labute approximate surface area is 139 Å². The first-order chi connectivity index (χ1) is 11.7. The van der Waals surface area contributed by atoms with Crippen LogP contribution in [-0.4, -0.2) is 19.6 Å². The van der Waals surface area contributed by atoms with E-state index in [2.05, 4.69) is 5.32 Å². The molecule has 1 N–H and O–H groups in total. The molecule has 0 bridgehead atoms. The first-order valence-corrected chi connectivity index (χ1v) is 7.76. The van der Waals surface area contributed by atoms with Gasteiger partial charge in [-0.3, -0.25) is 4.79 Å². The zero-order valence-electron chi connectivity index (χ0n) is 13.3. The highest BCUT2D eigenvalue weighted by atomic mass is 19.1. The number of rotatable bonds is 6. The number of benzene rings is 2. The maximum Gasteiger partial charge on any atom is 0.251 e. The second-order valence-corrected chi connectivity index (χ2v) is 5.46. The van der Waals surface area contributed by atoms with Crippen molar-refractivity contribution in [3.8, 4) is 5.75 Å². The Kier molecular flexibility index (Phi) is 4.79. The van der Waals surface area contributed by atoms with Gasteiger partial charge in [0.15, 0.2) is 0 Å². The molecule has 1 heterocycles. The molecule has 0 spiro atoms. The van der Waals surface area contributed by atoms with Gasteiger partial charge in [0.1, 0.15) is 17.1 Å². The monoisotopic (exact) mass is 327 g/mol. The number of halogens is 1. The van der Waals surface area contributed by atoms with E-state index in [1.165, 1.54) is 6.07 Å². The molecule has 24 heavy (non-hydrogen) atoms. The van der Waals surface area contributed by atoms with Crippen LogP contribution in [0.1, 0.15) is 22.3 Å². The van der Waals surface area contributed by atoms with Crippen molar-refractivity contribution in [3.05, 3.63) is 65.7 Å². The molecule has 1 amide bonds.